The fraction of sp³-hybridized carbons (Fsp3) is 0. The molecule has 0 spiro atoms. The molecule has 0 fully saturated rings. The molecule has 1 aromatic heterocycles. The summed E-state index contributed by atoms with van der Waals surface area (Å²) in [5.41, 5.74) is 1.92. The number of allylic oxidation sites excluding steroid dienone is 1. The van der Waals surface area contributed by atoms with E-state index in [-0.39, 0.29) is 0 Å². The van der Waals surface area contributed by atoms with E-state index in [1.807, 2.05) is 0 Å². The summed E-state index contributed by atoms with van der Waals surface area (Å²) in [5.74, 6) is 0. The maximum atomic E-state index is 9.23. The average Bonchev–Trinajstić information content (AvgIpc) is 2.41. The number of aromatic nitrogens is 1. The molecular formula is C14H8Cl2N2. The second-order valence-corrected chi connectivity index (χ2v) is 4.36. The standard InChI is InChI=1S/C14H8Cl2N2/c15-12-3-1-11(2-4-12)14(16)13(9-17)10-5-7-18-8-6-10/h1-8H/b14-13-. The first kappa shape index (κ1) is 12.6. The number of halogens is 2. The van der Waals surface area contributed by atoms with Crippen molar-refractivity contribution in [1.82, 2.24) is 4.98 Å². The highest BCUT2D eigenvalue weighted by molar-refractivity contribution is 6.53. The summed E-state index contributed by atoms with van der Waals surface area (Å²) in [6, 6.07) is 12.6. The van der Waals surface area contributed by atoms with Gasteiger partial charge in [0, 0.05) is 17.4 Å². The number of benzene rings is 1. The van der Waals surface area contributed by atoms with E-state index >= 15 is 0 Å². The normalized spacial score (nSPS) is 11.6. The number of rotatable bonds is 2. The Labute approximate surface area is 115 Å². The zero-order valence-corrected chi connectivity index (χ0v) is 10.8. The highest BCUT2D eigenvalue weighted by Gasteiger charge is 2.09. The summed E-state index contributed by atoms with van der Waals surface area (Å²) < 4.78 is 0. The third-order valence-electron chi connectivity index (χ3n) is 2.40. The molecular weight excluding hydrogens is 267 g/mol. The Hall–Kier alpha value is -1.82. The van der Waals surface area contributed by atoms with Crippen LogP contribution in [-0.4, -0.2) is 4.98 Å². The highest BCUT2D eigenvalue weighted by Crippen LogP contribution is 2.29. The van der Waals surface area contributed by atoms with E-state index in [0.29, 0.717) is 15.6 Å². The van der Waals surface area contributed by atoms with Crippen molar-refractivity contribution >= 4 is 33.8 Å². The van der Waals surface area contributed by atoms with Crippen LogP contribution in [-0.2, 0) is 0 Å². The van der Waals surface area contributed by atoms with Gasteiger partial charge in [0.25, 0.3) is 0 Å². The zero-order valence-electron chi connectivity index (χ0n) is 9.27. The monoisotopic (exact) mass is 274 g/mol. The number of nitriles is 1. The molecule has 0 atom stereocenters. The minimum absolute atomic E-state index is 0.403. The van der Waals surface area contributed by atoms with Gasteiger partial charge < -0.3 is 0 Å². The first-order valence-corrected chi connectivity index (χ1v) is 5.94. The lowest BCUT2D eigenvalue weighted by Gasteiger charge is -2.04. The van der Waals surface area contributed by atoms with Gasteiger partial charge >= 0.3 is 0 Å². The summed E-state index contributed by atoms with van der Waals surface area (Å²) >= 11 is 12.1. The molecule has 2 nitrogen and oxygen atoms in total. The van der Waals surface area contributed by atoms with Crippen LogP contribution in [0.1, 0.15) is 11.1 Å². The van der Waals surface area contributed by atoms with E-state index < -0.39 is 0 Å². The van der Waals surface area contributed by atoms with Crippen molar-refractivity contribution in [2.75, 3.05) is 0 Å². The Morgan fingerprint density at radius 1 is 1.00 bits per heavy atom. The van der Waals surface area contributed by atoms with Crippen LogP contribution in [0.25, 0.3) is 10.6 Å². The second-order valence-electron chi connectivity index (χ2n) is 3.54. The van der Waals surface area contributed by atoms with Crippen molar-refractivity contribution in [2.24, 2.45) is 0 Å². The Morgan fingerprint density at radius 2 is 1.61 bits per heavy atom. The zero-order chi connectivity index (χ0) is 13.0. The molecule has 0 aliphatic carbocycles. The molecule has 88 valence electrons. The van der Waals surface area contributed by atoms with Gasteiger partial charge in [-0.2, -0.15) is 5.26 Å². The van der Waals surface area contributed by atoms with Crippen LogP contribution in [0, 0.1) is 11.3 Å². The Balaban J connectivity index is 2.51. The molecule has 1 aromatic carbocycles. The molecule has 0 amide bonds. The summed E-state index contributed by atoms with van der Waals surface area (Å²) in [5, 5.41) is 10.3. The Kier molecular flexibility index (Phi) is 3.99. The summed E-state index contributed by atoms with van der Waals surface area (Å²) in [7, 11) is 0. The second kappa shape index (κ2) is 5.68. The SMILES string of the molecule is N#C/C(=C(/Cl)c1ccc(Cl)cc1)c1ccncc1. The first-order valence-electron chi connectivity index (χ1n) is 5.18. The lowest BCUT2D eigenvalue weighted by Crippen LogP contribution is -1.86. The van der Waals surface area contributed by atoms with Crippen molar-refractivity contribution in [3.05, 3.63) is 64.9 Å². The quantitative estimate of drug-likeness (QED) is 0.763. The summed E-state index contributed by atoms with van der Waals surface area (Å²) in [4.78, 5) is 3.91. The molecule has 2 rings (SSSR count). The molecule has 0 saturated heterocycles. The van der Waals surface area contributed by atoms with Gasteiger partial charge in [-0.05, 0) is 35.4 Å². The van der Waals surface area contributed by atoms with Crippen LogP contribution < -0.4 is 0 Å². The largest absolute Gasteiger partial charge is 0.265 e. The van der Waals surface area contributed by atoms with Gasteiger partial charge in [-0.15, -0.1) is 0 Å². The van der Waals surface area contributed by atoms with E-state index in [9.17, 15) is 5.26 Å². The van der Waals surface area contributed by atoms with Crippen molar-refractivity contribution < 1.29 is 0 Å². The third kappa shape index (κ3) is 2.70. The average molecular weight is 275 g/mol. The van der Waals surface area contributed by atoms with E-state index in [1.54, 1.807) is 48.8 Å². The lowest BCUT2D eigenvalue weighted by atomic mass is 10.1. The minimum Gasteiger partial charge on any atom is -0.265 e. The van der Waals surface area contributed by atoms with Crippen LogP contribution in [0.15, 0.2) is 48.8 Å². The maximum Gasteiger partial charge on any atom is 0.101 e. The van der Waals surface area contributed by atoms with Crippen molar-refractivity contribution in [1.29, 1.82) is 5.26 Å². The fourth-order valence-electron chi connectivity index (χ4n) is 1.50. The van der Waals surface area contributed by atoms with Crippen LogP contribution in [0.4, 0.5) is 0 Å². The summed E-state index contributed by atoms with van der Waals surface area (Å²) in [6.45, 7) is 0. The maximum absolute atomic E-state index is 9.23. The van der Waals surface area contributed by atoms with Crippen LogP contribution in [0.5, 0.6) is 0 Å². The summed E-state index contributed by atoms with van der Waals surface area (Å²) in [6.07, 6.45) is 3.25. The van der Waals surface area contributed by atoms with E-state index in [1.165, 1.54) is 0 Å². The Bertz CT molecular complexity index is 610. The van der Waals surface area contributed by atoms with Gasteiger partial charge in [-0.25, -0.2) is 0 Å². The Morgan fingerprint density at radius 3 is 2.17 bits per heavy atom. The molecule has 4 heteroatoms. The number of pyridine rings is 1. The number of nitrogens with zero attached hydrogens (tertiary/aromatic N) is 2. The molecule has 0 N–H and O–H groups in total. The smallest absolute Gasteiger partial charge is 0.101 e. The van der Waals surface area contributed by atoms with Gasteiger partial charge in [0.1, 0.15) is 6.07 Å². The molecule has 0 radical (unpaired) electrons. The van der Waals surface area contributed by atoms with E-state index in [4.69, 9.17) is 23.2 Å². The van der Waals surface area contributed by atoms with Gasteiger partial charge in [-0.3, -0.25) is 4.98 Å². The molecule has 0 aliphatic rings. The van der Waals surface area contributed by atoms with Crippen molar-refractivity contribution in [3.63, 3.8) is 0 Å². The predicted molar refractivity (Wildman–Crippen MR) is 74.0 cm³/mol. The predicted octanol–water partition coefficient (Wildman–Crippen LogP) is 4.37. The van der Waals surface area contributed by atoms with E-state index in [0.717, 1.165) is 11.1 Å². The molecule has 0 aliphatic heterocycles. The van der Waals surface area contributed by atoms with Crippen LogP contribution in [0.3, 0.4) is 0 Å². The van der Waals surface area contributed by atoms with Gasteiger partial charge in [-0.1, -0.05) is 35.3 Å². The van der Waals surface area contributed by atoms with Gasteiger partial charge in [0.15, 0.2) is 0 Å². The topological polar surface area (TPSA) is 36.7 Å². The fourth-order valence-corrected chi connectivity index (χ4v) is 1.90. The van der Waals surface area contributed by atoms with Crippen molar-refractivity contribution in [3.8, 4) is 6.07 Å². The molecule has 0 bridgehead atoms. The lowest BCUT2D eigenvalue weighted by molar-refractivity contribution is 1.32. The van der Waals surface area contributed by atoms with Gasteiger partial charge in [0.05, 0.1) is 10.6 Å². The molecule has 1 heterocycles. The van der Waals surface area contributed by atoms with Crippen LogP contribution >= 0.6 is 23.2 Å². The first-order chi connectivity index (χ1) is 8.72. The number of hydrogen-bond acceptors (Lipinski definition) is 2. The number of hydrogen-bond donors (Lipinski definition) is 0. The molecule has 18 heavy (non-hydrogen) atoms. The van der Waals surface area contributed by atoms with Crippen LogP contribution in [0.2, 0.25) is 5.02 Å². The molecule has 0 saturated carbocycles. The highest BCUT2D eigenvalue weighted by atomic mass is 35.5. The minimum atomic E-state index is 0.403. The third-order valence-corrected chi connectivity index (χ3v) is 3.06. The van der Waals surface area contributed by atoms with E-state index in [2.05, 4.69) is 11.1 Å². The molecule has 2 aromatic rings. The van der Waals surface area contributed by atoms with Gasteiger partial charge in [0.2, 0.25) is 0 Å². The van der Waals surface area contributed by atoms with Crippen molar-refractivity contribution in [2.45, 2.75) is 0 Å². The molecule has 0 unspecified atom stereocenters.